The molecule has 0 aromatic carbocycles. The van der Waals surface area contributed by atoms with Gasteiger partial charge in [0.1, 0.15) is 18.0 Å². The van der Waals surface area contributed by atoms with Crippen LogP contribution in [0.15, 0.2) is 29.9 Å². The summed E-state index contributed by atoms with van der Waals surface area (Å²) in [5.41, 5.74) is 5.68. The zero-order valence-electron chi connectivity index (χ0n) is 9.97. The first kappa shape index (κ1) is 11.9. The maximum atomic E-state index is 5.60. The molecule has 0 aliphatic rings. The molecule has 17 heavy (non-hydrogen) atoms. The molecule has 0 unspecified atom stereocenters. The fourth-order valence-electron chi connectivity index (χ4n) is 1.53. The number of nitrogens with zero attached hydrogens (tertiary/aromatic N) is 2. The molecule has 5 heteroatoms. The van der Waals surface area contributed by atoms with Crippen molar-refractivity contribution in [1.82, 2.24) is 9.97 Å². The second-order valence-corrected chi connectivity index (χ2v) is 5.49. The van der Waals surface area contributed by atoms with E-state index < -0.39 is 0 Å². The van der Waals surface area contributed by atoms with Crippen molar-refractivity contribution >= 4 is 23.0 Å². The van der Waals surface area contributed by atoms with Crippen molar-refractivity contribution in [2.75, 3.05) is 17.6 Å². The topological polar surface area (TPSA) is 63.8 Å². The first-order valence-corrected chi connectivity index (χ1v) is 6.31. The lowest BCUT2D eigenvalue weighted by Gasteiger charge is -2.23. The van der Waals surface area contributed by atoms with Crippen LogP contribution in [0.4, 0.5) is 11.6 Å². The fourth-order valence-corrected chi connectivity index (χ4v) is 2.38. The minimum absolute atomic E-state index is 0.0773. The number of rotatable bonds is 4. The molecule has 90 valence electrons. The van der Waals surface area contributed by atoms with Crippen molar-refractivity contribution in [1.29, 1.82) is 0 Å². The van der Waals surface area contributed by atoms with Gasteiger partial charge in [0, 0.05) is 22.9 Å². The lowest BCUT2D eigenvalue weighted by Crippen LogP contribution is -2.26. The number of anilines is 2. The molecule has 2 aromatic heterocycles. The summed E-state index contributed by atoms with van der Waals surface area (Å²) in [6, 6.07) is 5.97. The molecule has 0 amide bonds. The number of aromatic nitrogens is 2. The van der Waals surface area contributed by atoms with Gasteiger partial charge in [-0.25, -0.2) is 9.97 Å². The van der Waals surface area contributed by atoms with E-state index in [1.165, 1.54) is 11.2 Å². The van der Waals surface area contributed by atoms with E-state index in [1.54, 1.807) is 17.4 Å². The molecule has 0 saturated carbocycles. The molecule has 0 aliphatic heterocycles. The Bertz CT molecular complexity index is 479. The molecule has 4 nitrogen and oxygen atoms in total. The van der Waals surface area contributed by atoms with Gasteiger partial charge in [-0.15, -0.1) is 11.3 Å². The molecule has 3 N–H and O–H groups in total. The van der Waals surface area contributed by atoms with E-state index in [-0.39, 0.29) is 5.41 Å². The molecule has 0 radical (unpaired) electrons. The van der Waals surface area contributed by atoms with Crippen molar-refractivity contribution in [2.45, 2.75) is 19.3 Å². The minimum Gasteiger partial charge on any atom is -0.384 e. The van der Waals surface area contributed by atoms with Crippen molar-refractivity contribution in [2.24, 2.45) is 0 Å². The van der Waals surface area contributed by atoms with Crippen LogP contribution in [0, 0.1) is 0 Å². The van der Waals surface area contributed by atoms with Crippen LogP contribution in [-0.4, -0.2) is 16.5 Å². The van der Waals surface area contributed by atoms with Gasteiger partial charge < -0.3 is 11.1 Å². The van der Waals surface area contributed by atoms with E-state index in [0.29, 0.717) is 5.82 Å². The highest BCUT2D eigenvalue weighted by Crippen LogP contribution is 2.27. The van der Waals surface area contributed by atoms with Gasteiger partial charge in [0.15, 0.2) is 0 Å². The molecule has 0 spiro atoms. The van der Waals surface area contributed by atoms with Gasteiger partial charge in [0.05, 0.1) is 0 Å². The quantitative estimate of drug-likeness (QED) is 0.872. The summed E-state index contributed by atoms with van der Waals surface area (Å²) in [5.74, 6) is 1.25. The SMILES string of the molecule is CC(C)(CNc1cc(N)ncn1)c1cccs1. The molecule has 0 saturated heterocycles. The van der Waals surface area contributed by atoms with E-state index in [2.05, 4.69) is 46.6 Å². The normalized spacial score (nSPS) is 11.4. The van der Waals surface area contributed by atoms with E-state index in [4.69, 9.17) is 5.73 Å². The van der Waals surface area contributed by atoms with E-state index in [1.807, 2.05) is 0 Å². The zero-order chi connectivity index (χ0) is 12.3. The number of hydrogen-bond donors (Lipinski definition) is 2. The maximum absolute atomic E-state index is 5.60. The Morgan fingerprint density at radius 1 is 1.41 bits per heavy atom. The van der Waals surface area contributed by atoms with Gasteiger partial charge in [0.2, 0.25) is 0 Å². The van der Waals surface area contributed by atoms with E-state index >= 15 is 0 Å². The van der Waals surface area contributed by atoms with Gasteiger partial charge >= 0.3 is 0 Å². The third-order valence-electron chi connectivity index (χ3n) is 2.59. The summed E-state index contributed by atoms with van der Waals surface area (Å²) >= 11 is 1.77. The van der Waals surface area contributed by atoms with Crippen LogP contribution in [-0.2, 0) is 5.41 Å². The van der Waals surface area contributed by atoms with Crippen LogP contribution in [0.1, 0.15) is 18.7 Å². The monoisotopic (exact) mass is 248 g/mol. The smallest absolute Gasteiger partial charge is 0.131 e. The summed E-state index contributed by atoms with van der Waals surface area (Å²) in [4.78, 5) is 9.34. The Balaban J connectivity index is 2.03. The van der Waals surface area contributed by atoms with Crippen LogP contribution in [0.3, 0.4) is 0 Å². The molecular weight excluding hydrogens is 232 g/mol. The van der Waals surface area contributed by atoms with Crippen LogP contribution >= 0.6 is 11.3 Å². The summed E-state index contributed by atoms with van der Waals surface area (Å²) < 4.78 is 0. The van der Waals surface area contributed by atoms with E-state index in [9.17, 15) is 0 Å². The Morgan fingerprint density at radius 3 is 2.88 bits per heavy atom. The predicted molar refractivity (Wildman–Crippen MR) is 72.3 cm³/mol. The number of nitrogens with two attached hydrogens (primary N) is 1. The summed E-state index contributed by atoms with van der Waals surface area (Å²) in [7, 11) is 0. The van der Waals surface area contributed by atoms with Crippen LogP contribution in [0.5, 0.6) is 0 Å². The van der Waals surface area contributed by atoms with Crippen LogP contribution in [0.25, 0.3) is 0 Å². The highest BCUT2D eigenvalue weighted by Gasteiger charge is 2.21. The second kappa shape index (κ2) is 4.71. The molecule has 0 bridgehead atoms. The van der Waals surface area contributed by atoms with Crippen molar-refractivity contribution in [3.63, 3.8) is 0 Å². The molecule has 2 aromatic rings. The van der Waals surface area contributed by atoms with Crippen LogP contribution in [0.2, 0.25) is 0 Å². The maximum Gasteiger partial charge on any atom is 0.131 e. The minimum atomic E-state index is 0.0773. The lowest BCUT2D eigenvalue weighted by molar-refractivity contribution is 0.568. The van der Waals surface area contributed by atoms with Gasteiger partial charge in [-0.3, -0.25) is 0 Å². The van der Waals surface area contributed by atoms with Crippen molar-refractivity contribution < 1.29 is 0 Å². The zero-order valence-corrected chi connectivity index (χ0v) is 10.8. The van der Waals surface area contributed by atoms with Gasteiger partial charge in [-0.1, -0.05) is 19.9 Å². The molecule has 0 fully saturated rings. The van der Waals surface area contributed by atoms with Gasteiger partial charge in [-0.05, 0) is 11.4 Å². The predicted octanol–water partition coefficient (Wildman–Crippen LogP) is 2.51. The van der Waals surface area contributed by atoms with Crippen molar-refractivity contribution in [3.05, 3.63) is 34.8 Å². The van der Waals surface area contributed by atoms with Crippen LogP contribution < -0.4 is 11.1 Å². The lowest BCUT2D eigenvalue weighted by atomic mass is 9.91. The Morgan fingerprint density at radius 2 is 2.24 bits per heavy atom. The average Bonchev–Trinajstić information content (AvgIpc) is 2.81. The Kier molecular flexibility index (Phi) is 3.28. The number of nitrogens with one attached hydrogen (secondary N) is 1. The number of thiophene rings is 1. The third-order valence-corrected chi connectivity index (χ3v) is 3.82. The number of hydrogen-bond acceptors (Lipinski definition) is 5. The van der Waals surface area contributed by atoms with Crippen molar-refractivity contribution in [3.8, 4) is 0 Å². The van der Waals surface area contributed by atoms with Gasteiger partial charge in [0.25, 0.3) is 0 Å². The fraction of sp³-hybridized carbons (Fsp3) is 0.333. The van der Waals surface area contributed by atoms with Gasteiger partial charge in [-0.2, -0.15) is 0 Å². The average molecular weight is 248 g/mol. The largest absolute Gasteiger partial charge is 0.384 e. The molecule has 0 atom stereocenters. The highest BCUT2D eigenvalue weighted by molar-refractivity contribution is 7.10. The molecule has 0 aliphatic carbocycles. The molecule has 2 heterocycles. The Hall–Kier alpha value is -1.62. The summed E-state index contributed by atoms with van der Waals surface area (Å²) in [6.45, 7) is 5.22. The summed E-state index contributed by atoms with van der Waals surface area (Å²) in [6.07, 6.45) is 1.47. The highest BCUT2D eigenvalue weighted by atomic mass is 32.1. The third kappa shape index (κ3) is 2.94. The first-order valence-electron chi connectivity index (χ1n) is 5.43. The second-order valence-electron chi connectivity index (χ2n) is 4.54. The molecular formula is C12H16N4S. The first-order chi connectivity index (χ1) is 8.08. The number of nitrogen functional groups attached to an aromatic ring is 1. The standard InChI is InChI=1S/C12H16N4S/c1-12(2,9-4-3-5-17-9)7-14-11-6-10(13)15-8-16-11/h3-6,8H,7H2,1-2H3,(H3,13,14,15,16). The summed E-state index contributed by atoms with van der Waals surface area (Å²) in [5, 5.41) is 5.39. The van der Waals surface area contributed by atoms with E-state index in [0.717, 1.165) is 12.4 Å². The Labute approximate surface area is 105 Å². The molecule has 2 rings (SSSR count).